The Morgan fingerprint density at radius 3 is 2.61 bits per heavy atom. The van der Waals surface area contributed by atoms with Crippen molar-refractivity contribution in [2.45, 2.75) is 26.4 Å². The van der Waals surface area contributed by atoms with E-state index in [1.54, 1.807) is 32.2 Å². The van der Waals surface area contributed by atoms with Crippen molar-refractivity contribution in [2.24, 2.45) is 5.16 Å². The third kappa shape index (κ3) is 4.53. The number of oxime groups is 1. The molecule has 1 aromatic carbocycles. The Kier molecular flexibility index (Phi) is 5.38. The van der Waals surface area contributed by atoms with Gasteiger partial charge in [0.05, 0.1) is 5.02 Å². The third-order valence-electron chi connectivity index (χ3n) is 2.63. The first-order valence-electron chi connectivity index (χ1n) is 6.87. The van der Waals surface area contributed by atoms with Crippen LogP contribution in [0.15, 0.2) is 34.8 Å². The number of carbonyl (C=O) groups excluding carboxylic acids is 1. The molecule has 7 heteroatoms. The molecule has 0 amide bonds. The molecule has 0 aliphatic rings. The van der Waals surface area contributed by atoms with Crippen molar-refractivity contribution in [1.82, 2.24) is 4.98 Å². The number of hydrogen-bond acceptors (Lipinski definition) is 6. The minimum Gasteiger partial charge on any atom is -0.455 e. The van der Waals surface area contributed by atoms with Gasteiger partial charge in [0.25, 0.3) is 0 Å². The highest BCUT2D eigenvalue weighted by atomic mass is 35.5. The molecule has 0 unspecified atom stereocenters. The van der Waals surface area contributed by atoms with Gasteiger partial charge >= 0.3 is 5.97 Å². The summed E-state index contributed by atoms with van der Waals surface area (Å²) in [6.07, 6.45) is 0. The standard InChI is InChI=1S/C16H17ClN2O3S/c1-16(2,3)22-15(20)13(19-21-4)12-9-23-14(18-12)10-7-5-6-8-11(10)17/h5-9H,1-4H3. The summed E-state index contributed by atoms with van der Waals surface area (Å²) in [5, 5.41) is 6.77. The number of aromatic nitrogens is 1. The fraction of sp³-hybridized carbons (Fsp3) is 0.312. The van der Waals surface area contributed by atoms with Crippen LogP contribution in [0.1, 0.15) is 26.5 Å². The number of carbonyl (C=O) groups is 1. The minimum absolute atomic E-state index is 0.0250. The normalized spacial score (nSPS) is 12.1. The molecule has 0 saturated carbocycles. The summed E-state index contributed by atoms with van der Waals surface area (Å²) in [6.45, 7) is 5.35. The van der Waals surface area contributed by atoms with E-state index in [9.17, 15) is 4.79 Å². The Hall–Kier alpha value is -1.92. The van der Waals surface area contributed by atoms with Crippen molar-refractivity contribution in [2.75, 3.05) is 7.11 Å². The molecule has 122 valence electrons. The summed E-state index contributed by atoms with van der Waals surface area (Å²) in [4.78, 5) is 21.5. The Balaban J connectivity index is 2.34. The fourth-order valence-corrected chi connectivity index (χ4v) is 2.87. The molecule has 0 spiro atoms. The van der Waals surface area contributed by atoms with Crippen molar-refractivity contribution in [3.05, 3.63) is 40.4 Å². The maximum absolute atomic E-state index is 12.3. The van der Waals surface area contributed by atoms with E-state index in [1.165, 1.54) is 18.4 Å². The van der Waals surface area contributed by atoms with Gasteiger partial charge in [-0.2, -0.15) is 0 Å². The molecule has 0 aliphatic heterocycles. The summed E-state index contributed by atoms with van der Waals surface area (Å²) >= 11 is 7.55. The van der Waals surface area contributed by atoms with E-state index in [2.05, 4.69) is 10.1 Å². The lowest BCUT2D eigenvalue weighted by atomic mass is 10.2. The lowest BCUT2D eigenvalue weighted by Crippen LogP contribution is -2.29. The molecule has 0 atom stereocenters. The molecule has 1 aromatic heterocycles. The average molecular weight is 353 g/mol. The monoisotopic (exact) mass is 352 g/mol. The van der Waals surface area contributed by atoms with Gasteiger partial charge in [0.2, 0.25) is 5.71 Å². The van der Waals surface area contributed by atoms with E-state index < -0.39 is 11.6 Å². The first-order valence-corrected chi connectivity index (χ1v) is 8.13. The van der Waals surface area contributed by atoms with Crippen LogP contribution >= 0.6 is 22.9 Å². The summed E-state index contributed by atoms with van der Waals surface area (Å²) in [5.41, 5.74) is 0.581. The molecular weight excluding hydrogens is 336 g/mol. The number of esters is 1. The molecule has 2 rings (SSSR count). The van der Waals surface area contributed by atoms with Crippen LogP contribution < -0.4 is 0 Å². The quantitative estimate of drug-likeness (QED) is 0.471. The van der Waals surface area contributed by atoms with Crippen LogP contribution in [-0.4, -0.2) is 29.4 Å². The molecule has 0 bridgehead atoms. The van der Waals surface area contributed by atoms with Crippen LogP contribution in [0.5, 0.6) is 0 Å². The number of benzene rings is 1. The van der Waals surface area contributed by atoms with Crippen LogP contribution in [-0.2, 0) is 14.4 Å². The van der Waals surface area contributed by atoms with Crippen LogP contribution in [0.4, 0.5) is 0 Å². The zero-order chi connectivity index (χ0) is 17.0. The van der Waals surface area contributed by atoms with E-state index in [1.807, 2.05) is 18.2 Å². The first-order chi connectivity index (χ1) is 10.8. The van der Waals surface area contributed by atoms with E-state index in [-0.39, 0.29) is 5.71 Å². The Labute approximate surface area is 143 Å². The second kappa shape index (κ2) is 7.10. The molecule has 0 fully saturated rings. The average Bonchev–Trinajstić information content (AvgIpc) is 2.92. The molecule has 23 heavy (non-hydrogen) atoms. The topological polar surface area (TPSA) is 60.8 Å². The van der Waals surface area contributed by atoms with Crippen LogP contribution in [0.2, 0.25) is 5.02 Å². The van der Waals surface area contributed by atoms with Gasteiger partial charge in [-0.3, -0.25) is 0 Å². The summed E-state index contributed by atoms with van der Waals surface area (Å²) in [7, 11) is 1.37. The fourth-order valence-electron chi connectivity index (χ4n) is 1.75. The number of rotatable bonds is 4. The smallest absolute Gasteiger partial charge is 0.363 e. The third-order valence-corrected chi connectivity index (χ3v) is 3.83. The van der Waals surface area contributed by atoms with Gasteiger partial charge in [0, 0.05) is 10.9 Å². The highest BCUT2D eigenvalue weighted by Gasteiger charge is 2.25. The van der Waals surface area contributed by atoms with E-state index in [4.69, 9.17) is 21.2 Å². The number of halogens is 1. The molecular formula is C16H17ClN2O3S. The lowest BCUT2D eigenvalue weighted by molar-refractivity contribution is -0.146. The van der Waals surface area contributed by atoms with Crippen LogP contribution in [0.25, 0.3) is 10.6 Å². The molecule has 5 nitrogen and oxygen atoms in total. The second-order valence-corrected chi connectivity index (χ2v) is 6.91. The van der Waals surface area contributed by atoms with Gasteiger partial charge in [-0.25, -0.2) is 9.78 Å². The van der Waals surface area contributed by atoms with Gasteiger partial charge in [0.1, 0.15) is 23.4 Å². The predicted molar refractivity (Wildman–Crippen MR) is 92.0 cm³/mol. The van der Waals surface area contributed by atoms with Gasteiger partial charge < -0.3 is 9.57 Å². The van der Waals surface area contributed by atoms with Crippen LogP contribution in [0, 0.1) is 0 Å². The molecule has 2 aromatic rings. The van der Waals surface area contributed by atoms with Crippen molar-refractivity contribution in [3.63, 3.8) is 0 Å². The van der Waals surface area contributed by atoms with Gasteiger partial charge in [-0.1, -0.05) is 35.0 Å². The van der Waals surface area contributed by atoms with Gasteiger partial charge in [0.15, 0.2) is 0 Å². The Morgan fingerprint density at radius 2 is 2.00 bits per heavy atom. The van der Waals surface area contributed by atoms with E-state index >= 15 is 0 Å². The van der Waals surface area contributed by atoms with Crippen molar-refractivity contribution >= 4 is 34.6 Å². The summed E-state index contributed by atoms with van der Waals surface area (Å²) in [5.74, 6) is -0.588. The maximum Gasteiger partial charge on any atom is 0.363 e. The minimum atomic E-state index is -0.632. The number of ether oxygens (including phenoxy) is 1. The largest absolute Gasteiger partial charge is 0.455 e. The number of nitrogens with zero attached hydrogens (tertiary/aromatic N) is 2. The van der Waals surface area contributed by atoms with Crippen LogP contribution in [0.3, 0.4) is 0 Å². The number of thiazole rings is 1. The Morgan fingerprint density at radius 1 is 1.30 bits per heavy atom. The summed E-state index contributed by atoms with van der Waals surface area (Å²) in [6, 6.07) is 7.38. The molecule has 0 N–H and O–H groups in total. The molecule has 0 radical (unpaired) electrons. The predicted octanol–water partition coefficient (Wildman–Crippen LogP) is 4.16. The lowest BCUT2D eigenvalue weighted by Gasteiger charge is -2.19. The second-order valence-electron chi connectivity index (χ2n) is 5.64. The van der Waals surface area contributed by atoms with E-state index in [0.717, 1.165) is 5.56 Å². The van der Waals surface area contributed by atoms with Gasteiger partial charge in [-0.05, 0) is 26.8 Å². The first kappa shape index (κ1) is 17.4. The zero-order valence-electron chi connectivity index (χ0n) is 13.3. The highest BCUT2D eigenvalue weighted by molar-refractivity contribution is 7.13. The summed E-state index contributed by atoms with van der Waals surface area (Å²) < 4.78 is 5.33. The molecule has 0 aliphatic carbocycles. The van der Waals surface area contributed by atoms with Crippen molar-refractivity contribution in [3.8, 4) is 10.6 Å². The maximum atomic E-state index is 12.3. The van der Waals surface area contributed by atoms with Crippen molar-refractivity contribution in [1.29, 1.82) is 0 Å². The van der Waals surface area contributed by atoms with Gasteiger partial charge in [-0.15, -0.1) is 11.3 Å². The highest BCUT2D eigenvalue weighted by Crippen LogP contribution is 2.30. The Bertz CT molecular complexity index is 735. The SMILES string of the molecule is CON=C(C(=O)OC(C)(C)C)c1csc(-c2ccccc2Cl)n1. The number of hydrogen-bond donors (Lipinski definition) is 0. The van der Waals surface area contributed by atoms with E-state index in [0.29, 0.717) is 15.7 Å². The molecule has 0 saturated heterocycles. The zero-order valence-corrected chi connectivity index (χ0v) is 14.9. The molecule has 1 heterocycles. The van der Waals surface area contributed by atoms with Crippen molar-refractivity contribution < 1.29 is 14.4 Å².